The predicted molar refractivity (Wildman–Crippen MR) is 104 cm³/mol. The normalized spacial score (nSPS) is 11.0. The van der Waals surface area contributed by atoms with Crippen LogP contribution < -0.4 is 5.32 Å². The van der Waals surface area contributed by atoms with Crippen LogP contribution in [0.4, 0.5) is 0 Å². The molecule has 3 aromatic rings. The summed E-state index contributed by atoms with van der Waals surface area (Å²) in [6.45, 7) is 0.334. The van der Waals surface area contributed by atoms with Crippen LogP contribution in [0.5, 0.6) is 0 Å². The fourth-order valence-corrected chi connectivity index (χ4v) is 2.61. The molecule has 0 saturated carbocycles. The fourth-order valence-electron chi connectivity index (χ4n) is 2.22. The first-order valence-corrected chi connectivity index (χ1v) is 8.83. The van der Waals surface area contributed by atoms with Crippen molar-refractivity contribution in [2.75, 3.05) is 0 Å². The number of carbonyl (C=O) groups is 1. The molecule has 0 aliphatic heterocycles. The molecule has 1 amide bonds. The SMILES string of the molecule is O=C(/C=C/c1ccc(Cl)cc1)NCc1ccc(-c2ccc(Br)cc2)o1. The summed E-state index contributed by atoms with van der Waals surface area (Å²) in [6.07, 6.45) is 3.23. The molecule has 126 valence electrons. The number of carbonyl (C=O) groups excluding carboxylic acids is 1. The monoisotopic (exact) mass is 415 g/mol. The molecule has 1 heterocycles. The van der Waals surface area contributed by atoms with E-state index in [2.05, 4.69) is 21.2 Å². The number of furan rings is 1. The average molecular weight is 417 g/mol. The minimum atomic E-state index is -0.184. The zero-order chi connectivity index (χ0) is 17.6. The Bertz CT molecular complexity index is 883. The van der Waals surface area contributed by atoms with Crippen molar-refractivity contribution in [2.45, 2.75) is 6.54 Å². The summed E-state index contributed by atoms with van der Waals surface area (Å²) in [5, 5.41) is 3.47. The molecule has 0 fully saturated rings. The van der Waals surface area contributed by atoms with Gasteiger partial charge in [-0.05, 0) is 48.0 Å². The second-order valence-corrected chi connectivity index (χ2v) is 6.73. The maximum absolute atomic E-state index is 11.9. The third-order valence-electron chi connectivity index (χ3n) is 3.52. The van der Waals surface area contributed by atoms with Gasteiger partial charge in [-0.25, -0.2) is 0 Å². The van der Waals surface area contributed by atoms with Crippen molar-refractivity contribution >= 4 is 39.5 Å². The molecule has 3 rings (SSSR count). The molecule has 2 aromatic carbocycles. The molecular formula is C20H15BrClNO2. The van der Waals surface area contributed by atoms with Crippen LogP contribution in [0.2, 0.25) is 5.02 Å². The lowest BCUT2D eigenvalue weighted by Crippen LogP contribution is -2.19. The Balaban J connectivity index is 1.55. The highest BCUT2D eigenvalue weighted by Crippen LogP contribution is 2.23. The van der Waals surface area contributed by atoms with Crippen molar-refractivity contribution in [3.05, 3.63) is 87.6 Å². The van der Waals surface area contributed by atoms with Crippen LogP contribution in [-0.2, 0) is 11.3 Å². The smallest absolute Gasteiger partial charge is 0.244 e. The highest BCUT2D eigenvalue weighted by Gasteiger charge is 2.05. The van der Waals surface area contributed by atoms with Crippen molar-refractivity contribution in [1.29, 1.82) is 0 Å². The molecule has 0 atom stereocenters. The number of amides is 1. The molecule has 0 unspecified atom stereocenters. The number of halogens is 2. The van der Waals surface area contributed by atoms with Gasteiger partial charge in [0.15, 0.2) is 0 Å². The van der Waals surface area contributed by atoms with E-state index in [1.807, 2.05) is 48.5 Å². The minimum Gasteiger partial charge on any atom is -0.459 e. The third kappa shape index (κ3) is 5.08. The first-order chi connectivity index (χ1) is 12.1. The van der Waals surface area contributed by atoms with Gasteiger partial charge in [-0.3, -0.25) is 4.79 Å². The van der Waals surface area contributed by atoms with Crippen LogP contribution in [0.15, 0.2) is 75.6 Å². The Morgan fingerprint density at radius 2 is 1.76 bits per heavy atom. The number of hydrogen-bond acceptors (Lipinski definition) is 2. The maximum atomic E-state index is 11.9. The van der Waals surface area contributed by atoms with Gasteiger partial charge in [-0.15, -0.1) is 0 Å². The first kappa shape index (κ1) is 17.5. The largest absolute Gasteiger partial charge is 0.459 e. The van der Waals surface area contributed by atoms with E-state index >= 15 is 0 Å². The lowest BCUT2D eigenvalue weighted by atomic mass is 10.2. The van der Waals surface area contributed by atoms with E-state index in [-0.39, 0.29) is 5.91 Å². The van der Waals surface area contributed by atoms with Crippen molar-refractivity contribution in [3.8, 4) is 11.3 Å². The first-order valence-electron chi connectivity index (χ1n) is 7.66. The average Bonchev–Trinajstić information content (AvgIpc) is 3.09. The highest BCUT2D eigenvalue weighted by atomic mass is 79.9. The summed E-state index contributed by atoms with van der Waals surface area (Å²) in [5.41, 5.74) is 1.90. The van der Waals surface area contributed by atoms with Gasteiger partial charge in [0.25, 0.3) is 0 Å². The Hall–Kier alpha value is -2.30. The van der Waals surface area contributed by atoms with Crippen LogP contribution in [0.1, 0.15) is 11.3 Å². The quantitative estimate of drug-likeness (QED) is 0.543. The van der Waals surface area contributed by atoms with E-state index in [9.17, 15) is 4.79 Å². The van der Waals surface area contributed by atoms with Gasteiger partial charge in [0.05, 0.1) is 6.54 Å². The van der Waals surface area contributed by atoms with Gasteiger partial charge in [0, 0.05) is 21.1 Å². The number of rotatable bonds is 5. The van der Waals surface area contributed by atoms with E-state index in [4.69, 9.17) is 16.0 Å². The lowest BCUT2D eigenvalue weighted by molar-refractivity contribution is -0.116. The molecule has 3 nitrogen and oxygen atoms in total. The van der Waals surface area contributed by atoms with Crippen molar-refractivity contribution in [2.24, 2.45) is 0 Å². The second kappa shape index (κ2) is 8.19. The van der Waals surface area contributed by atoms with Gasteiger partial charge in [0.2, 0.25) is 5.91 Å². The van der Waals surface area contributed by atoms with Crippen molar-refractivity contribution in [3.63, 3.8) is 0 Å². The van der Waals surface area contributed by atoms with E-state index in [1.165, 1.54) is 6.08 Å². The van der Waals surface area contributed by atoms with Crippen LogP contribution >= 0.6 is 27.5 Å². The summed E-state index contributed by atoms with van der Waals surface area (Å²) in [4.78, 5) is 11.9. The molecule has 0 saturated heterocycles. The van der Waals surface area contributed by atoms with Crippen LogP contribution in [0, 0.1) is 0 Å². The maximum Gasteiger partial charge on any atom is 0.244 e. The molecule has 1 aromatic heterocycles. The Morgan fingerprint density at radius 3 is 2.48 bits per heavy atom. The van der Waals surface area contributed by atoms with Gasteiger partial charge in [-0.2, -0.15) is 0 Å². The predicted octanol–water partition coefficient (Wildman–Crippen LogP) is 5.69. The van der Waals surface area contributed by atoms with E-state index in [0.717, 1.165) is 21.4 Å². The fraction of sp³-hybridized carbons (Fsp3) is 0.0500. The Morgan fingerprint density at radius 1 is 1.04 bits per heavy atom. The molecule has 0 aliphatic rings. The lowest BCUT2D eigenvalue weighted by Gasteiger charge is -2.00. The molecule has 0 bridgehead atoms. The standard InChI is InChI=1S/C20H15BrClNO2/c21-16-6-4-15(5-7-16)19-11-10-18(25-19)13-23-20(24)12-3-14-1-8-17(22)9-2-14/h1-12H,13H2,(H,23,24)/b12-3+. The van der Waals surface area contributed by atoms with Crippen molar-refractivity contribution in [1.82, 2.24) is 5.32 Å². The van der Waals surface area contributed by atoms with Gasteiger partial charge in [-0.1, -0.05) is 51.8 Å². The molecule has 0 spiro atoms. The summed E-state index contributed by atoms with van der Waals surface area (Å²) >= 11 is 9.24. The summed E-state index contributed by atoms with van der Waals surface area (Å²) in [7, 11) is 0. The van der Waals surface area contributed by atoms with Crippen LogP contribution in [-0.4, -0.2) is 5.91 Å². The van der Waals surface area contributed by atoms with E-state index < -0.39 is 0 Å². The van der Waals surface area contributed by atoms with E-state index in [1.54, 1.807) is 18.2 Å². The topological polar surface area (TPSA) is 42.2 Å². The molecule has 25 heavy (non-hydrogen) atoms. The molecule has 1 N–H and O–H groups in total. The van der Waals surface area contributed by atoms with Gasteiger partial charge < -0.3 is 9.73 Å². The highest BCUT2D eigenvalue weighted by molar-refractivity contribution is 9.10. The second-order valence-electron chi connectivity index (χ2n) is 5.38. The summed E-state index contributed by atoms with van der Waals surface area (Å²) < 4.78 is 6.78. The summed E-state index contributed by atoms with van der Waals surface area (Å²) in [6, 6.07) is 18.9. The Labute approximate surface area is 159 Å². The van der Waals surface area contributed by atoms with Gasteiger partial charge in [0.1, 0.15) is 11.5 Å². The molecule has 5 heteroatoms. The van der Waals surface area contributed by atoms with Gasteiger partial charge >= 0.3 is 0 Å². The van der Waals surface area contributed by atoms with Crippen LogP contribution in [0.3, 0.4) is 0 Å². The zero-order valence-corrected chi connectivity index (χ0v) is 15.5. The number of benzene rings is 2. The minimum absolute atomic E-state index is 0.184. The summed E-state index contributed by atoms with van der Waals surface area (Å²) in [5.74, 6) is 1.29. The molecule has 0 radical (unpaired) electrons. The van der Waals surface area contributed by atoms with Crippen molar-refractivity contribution < 1.29 is 9.21 Å². The third-order valence-corrected chi connectivity index (χ3v) is 4.31. The van der Waals surface area contributed by atoms with E-state index in [0.29, 0.717) is 17.3 Å². The molecular weight excluding hydrogens is 402 g/mol. The molecule has 0 aliphatic carbocycles. The Kier molecular flexibility index (Phi) is 5.74. The van der Waals surface area contributed by atoms with Crippen LogP contribution in [0.25, 0.3) is 17.4 Å². The number of hydrogen-bond donors (Lipinski definition) is 1. The number of nitrogens with one attached hydrogen (secondary N) is 1. The zero-order valence-electron chi connectivity index (χ0n) is 13.2.